The number of amides is 1. The van der Waals surface area contributed by atoms with Crippen molar-refractivity contribution in [3.05, 3.63) is 131 Å². The minimum atomic E-state index is -2.21. The molecule has 176 valence electrons. The van der Waals surface area contributed by atoms with Crippen molar-refractivity contribution in [2.75, 3.05) is 5.32 Å². The third-order valence-corrected chi connectivity index (χ3v) is 6.70. The van der Waals surface area contributed by atoms with Crippen molar-refractivity contribution in [2.24, 2.45) is 0 Å². The molecular weight excluding hydrogens is 453 g/mol. The summed E-state index contributed by atoms with van der Waals surface area (Å²) in [6.07, 6.45) is 0.658. The van der Waals surface area contributed by atoms with E-state index in [1.54, 1.807) is 42.5 Å². The van der Waals surface area contributed by atoms with E-state index in [0.29, 0.717) is 12.1 Å². The number of hydrogen-bond acceptors (Lipinski definition) is 3. The molecule has 0 spiro atoms. The lowest BCUT2D eigenvalue weighted by Crippen LogP contribution is -2.42. The molecular formula is C30H22FN3O2. The summed E-state index contributed by atoms with van der Waals surface area (Å²) in [5, 5.41) is 22.2. The van der Waals surface area contributed by atoms with Crippen LogP contribution in [0.2, 0.25) is 0 Å². The van der Waals surface area contributed by atoms with E-state index in [1.807, 2.05) is 42.5 Å². The van der Waals surface area contributed by atoms with Crippen LogP contribution in [0.3, 0.4) is 0 Å². The molecule has 1 aromatic heterocycles. The second-order valence-electron chi connectivity index (χ2n) is 8.85. The first kappa shape index (κ1) is 21.9. The molecule has 6 heteroatoms. The molecule has 1 unspecified atom stereocenters. The van der Waals surface area contributed by atoms with Gasteiger partial charge in [-0.3, -0.25) is 9.89 Å². The van der Waals surface area contributed by atoms with Crippen LogP contribution in [-0.2, 0) is 16.8 Å². The van der Waals surface area contributed by atoms with Crippen molar-refractivity contribution < 1.29 is 14.3 Å². The number of fused-ring (bicyclic) bond motifs is 3. The number of nitrogens with zero attached hydrogens (tertiary/aromatic N) is 1. The molecule has 36 heavy (non-hydrogen) atoms. The highest BCUT2D eigenvalue weighted by atomic mass is 19.1. The monoisotopic (exact) mass is 475 g/mol. The van der Waals surface area contributed by atoms with Gasteiger partial charge in [0, 0.05) is 34.4 Å². The number of aromatic nitrogens is 2. The first-order valence-electron chi connectivity index (χ1n) is 11.7. The lowest BCUT2D eigenvalue weighted by molar-refractivity contribution is -0.131. The first-order valence-corrected chi connectivity index (χ1v) is 11.7. The van der Waals surface area contributed by atoms with E-state index < -0.39 is 17.3 Å². The molecule has 5 aromatic rings. The molecule has 1 aliphatic rings. The predicted molar refractivity (Wildman–Crippen MR) is 137 cm³/mol. The number of halogens is 1. The molecule has 0 fully saturated rings. The number of anilines is 1. The maximum absolute atomic E-state index is 14.8. The molecule has 4 aromatic carbocycles. The molecule has 6 rings (SSSR count). The fraction of sp³-hybridized carbons (Fsp3) is 0.0667. The normalized spacial score (nSPS) is 13.5. The number of hydrogen-bond donors (Lipinski definition) is 3. The minimum Gasteiger partial charge on any atom is -0.372 e. The van der Waals surface area contributed by atoms with Crippen molar-refractivity contribution in [3.8, 4) is 22.5 Å². The van der Waals surface area contributed by atoms with Crippen LogP contribution in [0.5, 0.6) is 0 Å². The number of aromatic amines is 1. The quantitative estimate of drug-likeness (QED) is 0.301. The van der Waals surface area contributed by atoms with Crippen molar-refractivity contribution in [1.29, 1.82) is 0 Å². The second-order valence-corrected chi connectivity index (χ2v) is 8.85. The highest BCUT2D eigenvalue weighted by molar-refractivity contribution is 6.01. The number of carbonyl (C=O) groups is 1. The molecule has 0 radical (unpaired) electrons. The van der Waals surface area contributed by atoms with Gasteiger partial charge in [0.2, 0.25) is 0 Å². The Morgan fingerprint density at radius 1 is 0.917 bits per heavy atom. The van der Waals surface area contributed by atoms with Gasteiger partial charge in [-0.15, -0.1) is 0 Å². The van der Waals surface area contributed by atoms with Crippen molar-refractivity contribution in [1.82, 2.24) is 10.2 Å². The van der Waals surface area contributed by atoms with Gasteiger partial charge in [0.25, 0.3) is 5.91 Å². The molecule has 0 saturated carbocycles. The van der Waals surface area contributed by atoms with Gasteiger partial charge in [-0.05, 0) is 29.3 Å². The lowest BCUT2D eigenvalue weighted by Gasteiger charge is -2.28. The zero-order chi connectivity index (χ0) is 24.7. The summed E-state index contributed by atoms with van der Waals surface area (Å²) in [5.74, 6) is -1.39. The summed E-state index contributed by atoms with van der Waals surface area (Å²) < 4.78 is 14.8. The summed E-state index contributed by atoms with van der Waals surface area (Å²) in [7, 11) is 0. The number of H-pyrrole nitrogens is 1. The number of benzene rings is 4. The molecule has 0 aliphatic heterocycles. The first-order chi connectivity index (χ1) is 17.6. The van der Waals surface area contributed by atoms with E-state index in [9.17, 15) is 14.3 Å². The van der Waals surface area contributed by atoms with Gasteiger partial charge in [-0.2, -0.15) is 5.10 Å². The molecule has 0 bridgehead atoms. The minimum absolute atomic E-state index is 0.108. The summed E-state index contributed by atoms with van der Waals surface area (Å²) in [4.78, 5) is 13.6. The maximum Gasteiger partial charge on any atom is 0.265 e. The molecule has 3 N–H and O–H groups in total. The van der Waals surface area contributed by atoms with Gasteiger partial charge >= 0.3 is 0 Å². The standard InChI is InChI=1S/C30H22FN3O2/c31-26-14-8-7-13-25(26)30(36,21-11-5-2-6-12-21)29(35)32-22-15-16-23-20(17-22)18-24-27(33-34-28(23)24)19-9-3-1-4-10-19/h1-17,36H,18H2,(H,32,35)(H,33,34). The Morgan fingerprint density at radius 3 is 2.36 bits per heavy atom. The highest BCUT2D eigenvalue weighted by Gasteiger charge is 2.42. The summed E-state index contributed by atoms with van der Waals surface area (Å²) in [6.45, 7) is 0. The third kappa shape index (κ3) is 3.51. The summed E-state index contributed by atoms with van der Waals surface area (Å²) >= 11 is 0. The average Bonchev–Trinajstić information content (AvgIpc) is 3.48. The van der Waals surface area contributed by atoms with Gasteiger partial charge in [-0.25, -0.2) is 4.39 Å². The smallest absolute Gasteiger partial charge is 0.265 e. The third-order valence-electron chi connectivity index (χ3n) is 6.70. The molecule has 0 saturated heterocycles. The van der Waals surface area contributed by atoms with Crippen LogP contribution < -0.4 is 5.32 Å². The van der Waals surface area contributed by atoms with Crippen molar-refractivity contribution in [3.63, 3.8) is 0 Å². The maximum atomic E-state index is 14.8. The van der Waals surface area contributed by atoms with Gasteiger partial charge < -0.3 is 10.4 Å². The van der Waals surface area contributed by atoms with Crippen LogP contribution in [0.15, 0.2) is 103 Å². The summed E-state index contributed by atoms with van der Waals surface area (Å²) in [6, 6.07) is 29.8. The number of nitrogens with one attached hydrogen (secondary N) is 2. The van der Waals surface area contributed by atoms with Crippen LogP contribution in [0.4, 0.5) is 10.1 Å². The van der Waals surface area contributed by atoms with Gasteiger partial charge in [0.1, 0.15) is 5.82 Å². The van der Waals surface area contributed by atoms with E-state index in [1.165, 1.54) is 18.2 Å². The average molecular weight is 476 g/mol. The van der Waals surface area contributed by atoms with Gasteiger partial charge in [0.15, 0.2) is 5.60 Å². The lowest BCUT2D eigenvalue weighted by atomic mass is 9.85. The van der Waals surface area contributed by atoms with Crippen LogP contribution in [0.25, 0.3) is 22.5 Å². The Kier molecular flexibility index (Phi) is 5.24. The number of rotatable bonds is 5. The Balaban J connectivity index is 1.33. The zero-order valence-corrected chi connectivity index (χ0v) is 19.2. The molecule has 5 nitrogen and oxygen atoms in total. The number of aliphatic hydroxyl groups is 1. The van der Waals surface area contributed by atoms with Crippen molar-refractivity contribution >= 4 is 11.6 Å². The zero-order valence-electron chi connectivity index (χ0n) is 19.2. The fourth-order valence-electron chi connectivity index (χ4n) is 4.91. The Bertz CT molecular complexity index is 1580. The summed E-state index contributed by atoms with van der Waals surface area (Å²) in [5.41, 5.74) is 4.54. The Labute approximate surface area is 207 Å². The van der Waals surface area contributed by atoms with Gasteiger partial charge in [0.05, 0.1) is 11.4 Å². The molecule has 1 amide bonds. The topological polar surface area (TPSA) is 78.0 Å². The van der Waals surface area contributed by atoms with Crippen LogP contribution in [0.1, 0.15) is 22.3 Å². The van der Waals surface area contributed by atoms with Gasteiger partial charge in [-0.1, -0.05) is 84.9 Å². The van der Waals surface area contributed by atoms with Crippen LogP contribution >= 0.6 is 0 Å². The number of carbonyl (C=O) groups excluding carboxylic acids is 1. The van der Waals surface area contributed by atoms with E-state index in [0.717, 1.165) is 33.6 Å². The van der Waals surface area contributed by atoms with E-state index in [2.05, 4.69) is 15.5 Å². The highest BCUT2D eigenvalue weighted by Crippen LogP contribution is 2.41. The molecule has 1 aliphatic carbocycles. The van der Waals surface area contributed by atoms with E-state index in [-0.39, 0.29) is 11.1 Å². The largest absolute Gasteiger partial charge is 0.372 e. The Morgan fingerprint density at radius 2 is 1.61 bits per heavy atom. The van der Waals surface area contributed by atoms with E-state index >= 15 is 0 Å². The van der Waals surface area contributed by atoms with Crippen LogP contribution in [-0.4, -0.2) is 21.2 Å². The predicted octanol–water partition coefficient (Wildman–Crippen LogP) is 5.66. The second kappa shape index (κ2) is 8.59. The molecule has 1 atom stereocenters. The SMILES string of the molecule is O=C(Nc1ccc2c(c1)Cc1c(-c3ccccc3)n[nH]c1-2)C(O)(c1ccccc1)c1ccccc1F. The van der Waals surface area contributed by atoms with Crippen LogP contribution in [0, 0.1) is 5.82 Å². The van der Waals surface area contributed by atoms with Crippen molar-refractivity contribution in [2.45, 2.75) is 12.0 Å². The van der Waals surface area contributed by atoms with E-state index in [4.69, 9.17) is 0 Å². The molecule has 1 heterocycles. The fourth-order valence-corrected chi connectivity index (χ4v) is 4.91. The Hall–Kier alpha value is -4.55.